The molecule has 0 atom stereocenters. The van der Waals surface area contributed by atoms with Crippen molar-refractivity contribution in [2.24, 2.45) is 10.9 Å². The molecule has 0 aliphatic rings. The average molecular weight is 234 g/mol. The van der Waals surface area contributed by atoms with Crippen LogP contribution in [-0.2, 0) is 6.54 Å². The second-order valence-electron chi connectivity index (χ2n) is 4.36. The summed E-state index contributed by atoms with van der Waals surface area (Å²) in [5, 5.41) is 6.52. The molecule has 0 spiro atoms. The van der Waals surface area contributed by atoms with Gasteiger partial charge in [0.1, 0.15) is 0 Å². The van der Waals surface area contributed by atoms with Gasteiger partial charge >= 0.3 is 0 Å². The molecule has 0 unspecified atom stereocenters. The molecule has 0 radical (unpaired) electrons. The first-order valence-electron chi connectivity index (χ1n) is 6.06. The number of aliphatic imine (C=N–C) groups is 1. The Kier molecular flexibility index (Phi) is 6.07. The molecule has 0 saturated carbocycles. The van der Waals surface area contributed by atoms with Crippen LogP contribution in [0.5, 0.6) is 0 Å². The monoisotopic (exact) mass is 234 g/mol. The van der Waals surface area contributed by atoms with Gasteiger partial charge in [-0.2, -0.15) is 0 Å². The second-order valence-corrected chi connectivity index (χ2v) is 4.36. The van der Waals surface area contributed by atoms with Crippen LogP contribution in [0.3, 0.4) is 0 Å². The van der Waals surface area contributed by atoms with Gasteiger partial charge in [-0.1, -0.05) is 19.9 Å². The number of aromatic nitrogens is 1. The van der Waals surface area contributed by atoms with Crippen LogP contribution in [0.2, 0.25) is 0 Å². The van der Waals surface area contributed by atoms with E-state index in [1.54, 1.807) is 13.2 Å². The minimum absolute atomic E-state index is 0.697. The van der Waals surface area contributed by atoms with Gasteiger partial charge in [-0.3, -0.25) is 9.98 Å². The Bertz CT molecular complexity index is 333. The minimum Gasteiger partial charge on any atom is -0.356 e. The first-order chi connectivity index (χ1) is 8.22. The molecule has 4 heteroatoms. The molecule has 0 aromatic carbocycles. The van der Waals surface area contributed by atoms with Gasteiger partial charge in [-0.15, -0.1) is 0 Å². The molecule has 0 bridgehead atoms. The topological polar surface area (TPSA) is 49.3 Å². The van der Waals surface area contributed by atoms with E-state index in [0.717, 1.165) is 24.6 Å². The third-order valence-corrected chi connectivity index (χ3v) is 2.40. The number of rotatable bonds is 5. The molecule has 0 saturated heterocycles. The van der Waals surface area contributed by atoms with Gasteiger partial charge in [0.15, 0.2) is 5.96 Å². The summed E-state index contributed by atoms with van der Waals surface area (Å²) >= 11 is 0. The van der Waals surface area contributed by atoms with Crippen molar-refractivity contribution in [1.82, 2.24) is 15.6 Å². The van der Waals surface area contributed by atoms with Gasteiger partial charge < -0.3 is 10.6 Å². The average Bonchev–Trinajstić information content (AvgIpc) is 2.34. The first kappa shape index (κ1) is 13.5. The van der Waals surface area contributed by atoms with Gasteiger partial charge in [0.25, 0.3) is 0 Å². The fourth-order valence-corrected chi connectivity index (χ4v) is 1.38. The van der Waals surface area contributed by atoms with Crippen molar-refractivity contribution >= 4 is 5.96 Å². The van der Waals surface area contributed by atoms with E-state index in [1.165, 1.54) is 0 Å². The quantitative estimate of drug-likeness (QED) is 0.603. The third-order valence-electron chi connectivity index (χ3n) is 2.40. The predicted molar refractivity (Wildman–Crippen MR) is 71.9 cm³/mol. The largest absolute Gasteiger partial charge is 0.356 e. The SMILES string of the molecule is CN=C(NCCC(C)C)NCc1ccccn1. The molecule has 1 heterocycles. The molecule has 0 aliphatic heterocycles. The maximum absolute atomic E-state index is 4.25. The van der Waals surface area contributed by atoms with E-state index >= 15 is 0 Å². The Labute approximate surface area is 104 Å². The molecule has 94 valence electrons. The van der Waals surface area contributed by atoms with E-state index in [-0.39, 0.29) is 0 Å². The Hall–Kier alpha value is -1.58. The number of hydrogen-bond donors (Lipinski definition) is 2. The molecule has 1 rings (SSSR count). The molecule has 0 amide bonds. The molecule has 2 N–H and O–H groups in total. The van der Waals surface area contributed by atoms with Gasteiger partial charge in [-0.25, -0.2) is 0 Å². The highest BCUT2D eigenvalue weighted by Gasteiger charge is 1.99. The van der Waals surface area contributed by atoms with Gasteiger partial charge in [0.05, 0.1) is 12.2 Å². The Morgan fingerprint density at radius 2 is 2.18 bits per heavy atom. The molecular weight excluding hydrogens is 212 g/mol. The molecule has 4 nitrogen and oxygen atoms in total. The molecule has 0 fully saturated rings. The molecular formula is C13H22N4. The van der Waals surface area contributed by atoms with Gasteiger partial charge in [0, 0.05) is 19.8 Å². The lowest BCUT2D eigenvalue weighted by molar-refractivity contribution is 0.573. The summed E-state index contributed by atoms with van der Waals surface area (Å²) in [5.74, 6) is 1.53. The summed E-state index contributed by atoms with van der Waals surface area (Å²) in [6.45, 7) is 6.07. The first-order valence-corrected chi connectivity index (χ1v) is 6.06. The van der Waals surface area contributed by atoms with Crippen LogP contribution >= 0.6 is 0 Å². The molecule has 1 aromatic heterocycles. The number of pyridine rings is 1. The Balaban J connectivity index is 2.28. The van der Waals surface area contributed by atoms with E-state index in [1.807, 2.05) is 18.2 Å². The van der Waals surface area contributed by atoms with E-state index in [0.29, 0.717) is 12.5 Å². The zero-order valence-corrected chi connectivity index (χ0v) is 10.9. The van der Waals surface area contributed by atoms with Crippen molar-refractivity contribution in [3.05, 3.63) is 30.1 Å². The van der Waals surface area contributed by atoms with Crippen molar-refractivity contribution in [3.63, 3.8) is 0 Å². The lowest BCUT2D eigenvalue weighted by Gasteiger charge is -2.12. The second kappa shape index (κ2) is 7.65. The van der Waals surface area contributed by atoms with E-state index in [9.17, 15) is 0 Å². The maximum atomic E-state index is 4.25. The van der Waals surface area contributed by atoms with Gasteiger partial charge in [-0.05, 0) is 24.5 Å². The molecule has 0 aliphatic carbocycles. The smallest absolute Gasteiger partial charge is 0.191 e. The van der Waals surface area contributed by atoms with E-state index in [4.69, 9.17) is 0 Å². The predicted octanol–water partition coefficient (Wildman–Crippen LogP) is 1.79. The minimum atomic E-state index is 0.697. The number of hydrogen-bond acceptors (Lipinski definition) is 2. The number of nitrogens with zero attached hydrogens (tertiary/aromatic N) is 2. The summed E-state index contributed by atoms with van der Waals surface area (Å²) in [6.07, 6.45) is 2.94. The fourth-order valence-electron chi connectivity index (χ4n) is 1.38. The van der Waals surface area contributed by atoms with E-state index < -0.39 is 0 Å². The highest BCUT2D eigenvalue weighted by Crippen LogP contribution is 1.96. The summed E-state index contributed by atoms with van der Waals surface area (Å²) in [4.78, 5) is 8.41. The molecule has 17 heavy (non-hydrogen) atoms. The normalized spacial score (nSPS) is 11.6. The highest BCUT2D eigenvalue weighted by atomic mass is 15.2. The molecule has 1 aromatic rings. The van der Waals surface area contributed by atoms with Crippen LogP contribution in [0, 0.1) is 5.92 Å². The summed E-state index contributed by atoms with van der Waals surface area (Å²) in [7, 11) is 1.78. The van der Waals surface area contributed by atoms with Crippen molar-refractivity contribution in [1.29, 1.82) is 0 Å². The van der Waals surface area contributed by atoms with Crippen molar-refractivity contribution in [3.8, 4) is 0 Å². The van der Waals surface area contributed by atoms with Crippen LogP contribution in [-0.4, -0.2) is 24.5 Å². The van der Waals surface area contributed by atoms with Crippen LogP contribution in [0.25, 0.3) is 0 Å². The zero-order chi connectivity index (χ0) is 12.5. The number of nitrogens with one attached hydrogen (secondary N) is 2. The Morgan fingerprint density at radius 1 is 1.35 bits per heavy atom. The summed E-state index contributed by atoms with van der Waals surface area (Å²) < 4.78 is 0. The van der Waals surface area contributed by atoms with Crippen LogP contribution in [0.4, 0.5) is 0 Å². The third kappa shape index (κ3) is 5.90. The maximum Gasteiger partial charge on any atom is 0.191 e. The van der Waals surface area contributed by atoms with Crippen molar-refractivity contribution in [2.45, 2.75) is 26.8 Å². The van der Waals surface area contributed by atoms with Crippen LogP contribution < -0.4 is 10.6 Å². The standard InChI is InChI=1S/C13H22N4/c1-11(2)7-9-16-13(14-3)17-10-12-6-4-5-8-15-12/h4-6,8,11H,7,9-10H2,1-3H3,(H2,14,16,17). The van der Waals surface area contributed by atoms with Crippen molar-refractivity contribution < 1.29 is 0 Å². The summed E-state index contributed by atoms with van der Waals surface area (Å²) in [6, 6.07) is 5.90. The Morgan fingerprint density at radius 3 is 2.76 bits per heavy atom. The fraction of sp³-hybridized carbons (Fsp3) is 0.538. The lowest BCUT2D eigenvalue weighted by Crippen LogP contribution is -2.37. The number of guanidine groups is 1. The van der Waals surface area contributed by atoms with Crippen LogP contribution in [0.15, 0.2) is 29.4 Å². The van der Waals surface area contributed by atoms with Crippen molar-refractivity contribution in [2.75, 3.05) is 13.6 Å². The lowest BCUT2D eigenvalue weighted by atomic mass is 10.1. The van der Waals surface area contributed by atoms with Crippen LogP contribution in [0.1, 0.15) is 26.0 Å². The zero-order valence-electron chi connectivity index (χ0n) is 10.9. The highest BCUT2D eigenvalue weighted by molar-refractivity contribution is 5.79. The summed E-state index contributed by atoms with van der Waals surface area (Å²) in [5.41, 5.74) is 1.01. The van der Waals surface area contributed by atoms with Gasteiger partial charge in [0.2, 0.25) is 0 Å². The van der Waals surface area contributed by atoms with E-state index in [2.05, 4.69) is 34.5 Å².